The standard InChI is InChI=1S/C22H16F2N4O3/c23-22(24)30-18-10-16-17(11-19(18)31-22)27-21(26-16)28-20(29)14-6-8-15(9-7-14)25-12-13-4-2-1-3-5-13/h1-11,25H,12H2,(H2,26,27,28,29). The Labute approximate surface area is 175 Å². The van der Waals surface area contributed by atoms with Crippen molar-refractivity contribution in [2.75, 3.05) is 10.6 Å². The first-order valence-electron chi connectivity index (χ1n) is 9.44. The number of H-pyrrole nitrogens is 1. The maximum atomic E-state index is 13.2. The third-order valence-electron chi connectivity index (χ3n) is 4.72. The van der Waals surface area contributed by atoms with Gasteiger partial charge in [0.1, 0.15) is 0 Å². The summed E-state index contributed by atoms with van der Waals surface area (Å²) in [6.07, 6.45) is -3.69. The van der Waals surface area contributed by atoms with Crippen LogP contribution < -0.4 is 20.1 Å². The molecule has 4 aromatic rings. The van der Waals surface area contributed by atoms with Crippen molar-refractivity contribution >= 4 is 28.6 Å². The molecule has 31 heavy (non-hydrogen) atoms. The van der Waals surface area contributed by atoms with Gasteiger partial charge >= 0.3 is 6.29 Å². The first-order valence-corrected chi connectivity index (χ1v) is 9.44. The van der Waals surface area contributed by atoms with Crippen LogP contribution in [0.2, 0.25) is 0 Å². The van der Waals surface area contributed by atoms with Crippen molar-refractivity contribution < 1.29 is 23.0 Å². The molecular weight excluding hydrogens is 406 g/mol. The Balaban J connectivity index is 1.25. The highest BCUT2D eigenvalue weighted by Crippen LogP contribution is 2.42. The molecule has 0 spiro atoms. The molecule has 156 valence electrons. The van der Waals surface area contributed by atoms with E-state index < -0.39 is 6.29 Å². The van der Waals surface area contributed by atoms with Crippen molar-refractivity contribution in [3.05, 3.63) is 77.9 Å². The molecule has 0 saturated carbocycles. The third kappa shape index (κ3) is 3.97. The molecule has 1 amide bonds. The molecule has 0 saturated heterocycles. The monoisotopic (exact) mass is 422 g/mol. The van der Waals surface area contributed by atoms with Crippen molar-refractivity contribution in [2.24, 2.45) is 0 Å². The van der Waals surface area contributed by atoms with Crippen molar-refractivity contribution in [3.63, 3.8) is 0 Å². The lowest BCUT2D eigenvalue weighted by Gasteiger charge is -2.07. The number of aromatic nitrogens is 2. The molecule has 1 aromatic heterocycles. The first kappa shape index (κ1) is 18.9. The number of hydrogen-bond acceptors (Lipinski definition) is 5. The Kier molecular flexibility index (Phi) is 4.43. The van der Waals surface area contributed by atoms with E-state index in [1.165, 1.54) is 12.1 Å². The topological polar surface area (TPSA) is 88.3 Å². The van der Waals surface area contributed by atoms with Crippen LogP contribution in [0.5, 0.6) is 11.5 Å². The predicted octanol–water partition coefficient (Wildman–Crippen LogP) is 4.75. The maximum absolute atomic E-state index is 13.2. The highest BCUT2D eigenvalue weighted by molar-refractivity contribution is 6.04. The summed E-state index contributed by atoms with van der Waals surface area (Å²) in [6.45, 7) is 0.675. The molecule has 0 aliphatic carbocycles. The van der Waals surface area contributed by atoms with Gasteiger partial charge in [0.25, 0.3) is 5.91 Å². The number of rotatable bonds is 5. The summed E-state index contributed by atoms with van der Waals surface area (Å²) >= 11 is 0. The number of halogens is 2. The number of imidazole rings is 1. The van der Waals surface area contributed by atoms with Crippen LogP contribution in [0.1, 0.15) is 15.9 Å². The third-order valence-corrected chi connectivity index (χ3v) is 4.72. The highest BCUT2D eigenvalue weighted by atomic mass is 19.3. The molecule has 5 rings (SSSR count). The van der Waals surface area contributed by atoms with Crippen molar-refractivity contribution in [2.45, 2.75) is 12.8 Å². The van der Waals surface area contributed by atoms with Crippen LogP contribution >= 0.6 is 0 Å². The number of hydrogen-bond donors (Lipinski definition) is 3. The van der Waals surface area contributed by atoms with Gasteiger partial charge in [0, 0.05) is 29.9 Å². The van der Waals surface area contributed by atoms with Crippen molar-refractivity contribution in [1.82, 2.24) is 9.97 Å². The summed E-state index contributed by atoms with van der Waals surface area (Å²) in [5.41, 5.74) is 3.27. The summed E-state index contributed by atoms with van der Waals surface area (Å²) in [4.78, 5) is 19.6. The molecule has 9 heteroatoms. The zero-order chi connectivity index (χ0) is 21.4. The quantitative estimate of drug-likeness (QED) is 0.432. The van der Waals surface area contributed by atoms with Crippen LogP contribution in [-0.4, -0.2) is 22.2 Å². The fourth-order valence-electron chi connectivity index (χ4n) is 3.23. The lowest BCUT2D eigenvalue weighted by molar-refractivity contribution is -0.286. The maximum Gasteiger partial charge on any atom is 0.586 e. The molecule has 0 fully saturated rings. The van der Waals surface area contributed by atoms with Crippen molar-refractivity contribution in [1.29, 1.82) is 0 Å². The average molecular weight is 422 g/mol. The molecule has 3 aromatic carbocycles. The van der Waals surface area contributed by atoms with Gasteiger partial charge in [-0.2, -0.15) is 0 Å². The molecule has 0 atom stereocenters. The van der Waals surface area contributed by atoms with E-state index in [9.17, 15) is 13.6 Å². The van der Waals surface area contributed by atoms with E-state index in [1.54, 1.807) is 12.1 Å². The Morgan fingerprint density at radius 1 is 1.00 bits per heavy atom. The van der Waals surface area contributed by atoms with Gasteiger partial charge < -0.3 is 19.8 Å². The highest BCUT2D eigenvalue weighted by Gasteiger charge is 2.43. The van der Waals surface area contributed by atoms with Crippen LogP contribution in [0, 0.1) is 0 Å². The number of ether oxygens (including phenoxy) is 2. The molecule has 0 bridgehead atoms. The number of anilines is 2. The fraction of sp³-hybridized carbons (Fsp3) is 0.0909. The second kappa shape index (κ2) is 7.28. The second-order valence-electron chi connectivity index (χ2n) is 6.94. The van der Waals surface area contributed by atoms with Crippen LogP contribution in [0.4, 0.5) is 20.4 Å². The van der Waals surface area contributed by atoms with Crippen LogP contribution in [0.25, 0.3) is 11.0 Å². The summed E-state index contributed by atoms with van der Waals surface area (Å²) in [7, 11) is 0. The number of benzene rings is 3. The number of fused-ring (bicyclic) bond motifs is 2. The SMILES string of the molecule is O=C(Nc1nc2cc3c(cc2[nH]1)OC(F)(F)O3)c1ccc(NCc2ccccc2)cc1. The van der Waals surface area contributed by atoms with E-state index in [-0.39, 0.29) is 23.4 Å². The summed E-state index contributed by atoms with van der Waals surface area (Å²) < 4.78 is 35.2. The Hall–Kier alpha value is -4.14. The van der Waals surface area contributed by atoms with Gasteiger partial charge in [-0.1, -0.05) is 30.3 Å². The zero-order valence-corrected chi connectivity index (χ0v) is 16.0. The number of carbonyl (C=O) groups is 1. The van der Waals surface area contributed by atoms with E-state index in [1.807, 2.05) is 42.5 Å². The van der Waals surface area contributed by atoms with Crippen LogP contribution in [0.3, 0.4) is 0 Å². The summed E-state index contributed by atoms with van der Waals surface area (Å²) in [6, 6.07) is 19.7. The molecular formula is C22H16F2N4O3. The molecule has 0 unspecified atom stereocenters. The van der Waals surface area contributed by atoms with Gasteiger partial charge in [-0.05, 0) is 29.8 Å². The second-order valence-corrected chi connectivity index (χ2v) is 6.94. The minimum Gasteiger partial charge on any atom is -0.395 e. The lowest BCUT2D eigenvalue weighted by Crippen LogP contribution is -2.25. The lowest BCUT2D eigenvalue weighted by atomic mass is 10.2. The average Bonchev–Trinajstić information content (AvgIpc) is 3.28. The van der Waals surface area contributed by atoms with Gasteiger partial charge in [-0.3, -0.25) is 10.1 Å². The number of carbonyl (C=O) groups excluding carboxylic acids is 1. The Bertz CT molecular complexity index is 1210. The zero-order valence-electron chi connectivity index (χ0n) is 16.0. The number of alkyl halides is 2. The summed E-state index contributed by atoms with van der Waals surface area (Å²) in [5.74, 6) is -0.389. The van der Waals surface area contributed by atoms with E-state index in [0.29, 0.717) is 23.1 Å². The minimum atomic E-state index is -3.69. The van der Waals surface area contributed by atoms with Gasteiger partial charge in [-0.25, -0.2) is 4.98 Å². The van der Waals surface area contributed by atoms with Crippen LogP contribution in [0.15, 0.2) is 66.7 Å². The molecule has 2 heterocycles. The van der Waals surface area contributed by atoms with Crippen LogP contribution in [-0.2, 0) is 6.54 Å². The van der Waals surface area contributed by atoms with E-state index >= 15 is 0 Å². The predicted molar refractivity (Wildman–Crippen MR) is 110 cm³/mol. The van der Waals surface area contributed by atoms with Gasteiger partial charge in [0.2, 0.25) is 5.95 Å². The Morgan fingerprint density at radius 2 is 1.71 bits per heavy atom. The van der Waals surface area contributed by atoms with E-state index in [2.05, 4.69) is 30.1 Å². The molecule has 0 radical (unpaired) electrons. The Morgan fingerprint density at radius 3 is 2.45 bits per heavy atom. The summed E-state index contributed by atoms with van der Waals surface area (Å²) in [5, 5.41) is 5.95. The normalized spacial score (nSPS) is 13.9. The van der Waals surface area contributed by atoms with E-state index in [4.69, 9.17) is 0 Å². The molecule has 1 aliphatic heterocycles. The first-order chi connectivity index (χ1) is 14.9. The smallest absolute Gasteiger partial charge is 0.395 e. The number of nitrogens with one attached hydrogen (secondary N) is 3. The number of amides is 1. The number of aromatic amines is 1. The number of nitrogens with zero attached hydrogens (tertiary/aromatic N) is 1. The molecule has 1 aliphatic rings. The van der Waals surface area contributed by atoms with Gasteiger partial charge in [-0.15, -0.1) is 8.78 Å². The minimum absolute atomic E-state index is 0.0994. The molecule has 3 N–H and O–H groups in total. The molecule has 7 nitrogen and oxygen atoms in total. The van der Waals surface area contributed by atoms with Gasteiger partial charge in [0.15, 0.2) is 11.5 Å². The van der Waals surface area contributed by atoms with Gasteiger partial charge in [0.05, 0.1) is 11.0 Å². The van der Waals surface area contributed by atoms with Crippen molar-refractivity contribution in [3.8, 4) is 11.5 Å². The largest absolute Gasteiger partial charge is 0.586 e. The fourth-order valence-corrected chi connectivity index (χ4v) is 3.23. The van der Waals surface area contributed by atoms with E-state index in [0.717, 1.165) is 11.3 Å².